The SMILES string of the molecule is CCC(CC)(CN)C(=O)N1CCN(c2ccccc2O)CC1. The van der Waals surface area contributed by atoms with E-state index in [4.69, 9.17) is 5.73 Å². The zero-order valence-electron chi connectivity index (χ0n) is 13.6. The summed E-state index contributed by atoms with van der Waals surface area (Å²) in [4.78, 5) is 16.9. The molecular weight excluding hydrogens is 278 g/mol. The van der Waals surface area contributed by atoms with E-state index in [0.29, 0.717) is 25.4 Å². The zero-order valence-corrected chi connectivity index (χ0v) is 13.6. The molecule has 5 nitrogen and oxygen atoms in total. The number of rotatable bonds is 5. The molecule has 2 rings (SSSR count). The van der Waals surface area contributed by atoms with Gasteiger partial charge in [0.25, 0.3) is 0 Å². The third-order valence-electron chi connectivity index (χ3n) is 4.99. The molecule has 1 aliphatic rings. The molecule has 0 unspecified atom stereocenters. The van der Waals surface area contributed by atoms with Crippen molar-refractivity contribution in [2.24, 2.45) is 11.1 Å². The topological polar surface area (TPSA) is 69.8 Å². The summed E-state index contributed by atoms with van der Waals surface area (Å²) in [5, 5.41) is 9.94. The van der Waals surface area contributed by atoms with E-state index < -0.39 is 5.41 Å². The van der Waals surface area contributed by atoms with Crippen molar-refractivity contribution in [2.45, 2.75) is 26.7 Å². The first-order chi connectivity index (χ1) is 10.6. The average Bonchev–Trinajstić information content (AvgIpc) is 2.57. The minimum absolute atomic E-state index is 0.178. The van der Waals surface area contributed by atoms with E-state index in [1.807, 2.05) is 36.9 Å². The molecule has 122 valence electrons. The predicted molar refractivity (Wildman–Crippen MR) is 89.0 cm³/mol. The summed E-state index contributed by atoms with van der Waals surface area (Å²) < 4.78 is 0. The van der Waals surface area contributed by atoms with Crippen LogP contribution in [0.2, 0.25) is 0 Å². The number of phenolic OH excluding ortho intramolecular Hbond substituents is 1. The minimum Gasteiger partial charge on any atom is -0.506 e. The summed E-state index contributed by atoms with van der Waals surface area (Å²) >= 11 is 0. The fourth-order valence-electron chi connectivity index (χ4n) is 3.15. The minimum atomic E-state index is -0.420. The Balaban J connectivity index is 2.03. The van der Waals surface area contributed by atoms with Gasteiger partial charge in [-0.2, -0.15) is 0 Å². The van der Waals surface area contributed by atoms with E-state index in [-0.39, 0.29) is 5.91 Å². The number of hydrogen-bond donors (Lipinski definition) is 2. The second kappa shape index (κ2) is 7.01. The summed E-state index contributed by atoms with van der Waals surface area (Å²) in [6, 6.07) is 7.34. The number of aromatic hydroxyl groups is 1. The number of anilines is 1. The van der Waals surface area contributed by atoms with E-state index >= 15 is 0 Å². The molecule has 1 aromatic rings. The molecule has 1 saturated heterocycles. The van der Waals surface area contributed by atoms with Crippen LogP contribution in [0.15, 0.2) is 24.3 Å². The molecule has 0 spiro atoms. The lowest BCUT2D eigenvalue weighted by atomic mass is 9.81. The highest BCUT2D eigenvalue weighted by Crippen LogP contribution is 2.30. The van der Waals surface area contributed by atoms with Crippen molar-refractivity contribution >= 4 is 11.6 Å². The number of para-hydroxylation sites is 2. The molecule has 0 aliphatic carbocycles. The highest BCUT2D eigenvalue weighted by molar-refractivity contribution is 5.83. The van der Waals surface area contributed by atoms with Gasteiger partial charge in [0.05, 0.1) is 11.1 Å². The number of piperazine rings is 1. The first-order valence-corrected chi connectivity index (χ1v) is 8.10. The maximum absolute atomic E-state index is 12.8. The van der Waals surface area contributed by atoms with Gasteiger partial charge in [0.1, 0.15) is 5.75 Å². The fourth-order valence-corrected chi connectivity index (χ4v) is 3.15. The van der Waals surface area contributed by atoms with Crippen molar-refractivity contribution in [1.82, 2.24) is 4.90 Å². The number of phenols is 1. The predicted octanol–water partition coefficient (Wildman–Crippen LogP) is 1.81. The van der Waals surface area contributed by atoms with Crippen molar-refractivity contribution in [3.05, 3.63) is 24.3 Å². The third-order valence-corrected chi connectivity index (χ3v) is 4.99. The van der Waals surface area contributed by atoms with Crippen LogP contribution in [0.4, 0.5) is 5.69 Å². The summed E-state index contributed by atoms with van der Waals surface area (Å²) in [5.41, 5.74) is 6.30. The van der Waals surface area contributed by atoms with Crippen molar-refractivity contribution in [2.75, 3.05) is 37.6 Å². The summed E-state index contributed by atoms with van der Waals surface area (Å²) in [6.07, 6.45) is 1.55. The molecule has 5 heteroatoms. The zero-order chi connectivity index (χ0) is 16.2. The maximum atomic E-state index is 12.8. The largest absolute Gasteiger partial charge is 0.506 e. The van der Waals surface area contributed by atoms with Crippen molar-refractivity contribution in [3.8, 4) is 5.75 Å². The van der Waals surface area contributed by atoms with Crippen LogP contribution in [0, 0.1) is 5.41 Å². The van der Waals surface area contributed by atoms with E-state index in [1.165, 1.54) is 0 Å². The van der Waals surface area contributed by atoms with Crippen LogP contribution in [0.3, 0.4) is 0 Å². The number of hydrogen-bond acceptors (Lipinski definition) is 4. The fraction of sp³-hybridized carbons (Fsp3) is 0.588. The van der Waals surface area contributed by atoms with Gasteiger partial charge in [-0.3, -0.25) is 4.79 Å². The quantitative estimate of drug-likeness (QED) is 0.870. The normalized spacial score (nSPS) is 16.0. The third kappa shape index (κ3) is 3.04. The van der Waals surface area contributed by atoms with Gasteiger partial charge in [-0.15, -0.1) is 0 Å². The molecule has 22 heavy (non-hydrogen) atoms. The van der Waals surface area contributed by atoms with Crippen LogP contribution in [-0.4, -0.2) is 48.6 Å². The first-order valence-electron chi connectivity index (χ1n) is 8.10. The molecule has 0 bridgehead atoms. The van der Waals surface area contributed by atoms with E-state index in [9.17, 15) is 9.90 Å². The molecule has 0 radical (unpaired) electrons. The summed E-state index contributed by atoms with van der Waals surface area (Å²) in [5.74, 6) is 0.470. The Kier molecular flexibility index (Phi) is 5.29. The molecule has 1 aliphatic heterocycles. The number of amides is 1. The number of carbonyl (C=O) groups is 1. The van der Waals surface area contributed by atoms with Crippen molar-refractivity contribution in [3.63, 3.8) is 0 Å². The highest BCUT2D eigenvalue weighted by Gasteiger charge is 2.37. The number of benzene rings is 1. The molecule has 1 aromatic carbocycles. The highest BCUT2D eigenvalue weighted by atomic mass is 16.3. The van der Waals surface area contributed by atoms with Crippen LogP contribution < -0.4 is 10.6 Å². The number of carbonyl (C=O) groups excluding carboxylic acids is 1. The average molecular weight is 305 g/mol. The van der Waals surface area contributed by atoms with Crippen molar-refractivity contribution in [1.29, 1.82) is 0 Å². The monoisotopic (exact) mass is 305 g/mol. The lowest BCUT2D eigenvalue weighted by Gasteiger charge is -2.41. The molecular formula is C17H27N3O2. The van der Waals surface area contributed by atoms with Crippen molar-refractivity contribution < 1.29 is 9.90 Å². The van der Waals surface area contributed by atoms with Gasteiger partial charge in [0.2, 0.25) is 5.91 Å². The lowest BCUT2D eigenvalue weighted by molar-refractivity contribution is -0.142. The molecule has 1 heterocycles. The Morgan fingerprint density at radius 3 is 2.27 bits per heavy atom. The van der Waals surface area contributed by atoms with Gasteiger partial charge >= 0.3 is 0 Å². The molecule has 1 fully saturated rings. The Bertz CT molecular complexity index is 498. The Morgan fingerprint density at radius 1 is 1.18 bits per heavy atom. The lowest BCUT2D eigenvalue weighted by Crippen LogP contribution is -2.54. The number of nitrogens with two attached hydrogens (primary N) is 1. The Labute approximate surface area is 132 Å². The van der Waals surface area contributed by atoms with Gasteiger partial charge in [-0.05, 0) is 25.0 Å². The summed E-state index contributed by atoms with van der Waals surface area (Å²) in [7, 11) is 0. The first kappa shape index (κ1) is 16.6. The van der Waals surface area contributed by atoms with Crippen LogP contribution in [0.5, 0.6) is 5.75 Å². The van der Waals surface area contributed by atoms with Gasteiger partial charge in [0.15, 0.2) is 0 Å². The Hall–Kier alpha value is -1.75. The van der Waals surface area contributed by atoms with Crippen LogP contribution in [0.1, 0.15) is 26.7 Å². The van der Waals surface area contributed by atoms with Gasteiger partial charge < -0.3 is 20.6 Å². The van der Waals surface area contributed by atoms with E-state index in [2.05, 4.69) is 4.90 Å². The van der Waals surface area contributed by atoms with Crippen LogP contribution in [-0.2, 0) is 4.79 Å². The van der Waals surface area contributed by atoms with Crippen LogP contribution >= 0.6 is 0 Å². The molecule has 0 saturated carbocycles. The van der Waals surface area contributed by atoms with Crippen LogP contribution in [0.25, 0.3) is 0 Å². The molecule has 1 amide bonds. The number of nitrogens with zero attached hydrogens (tertiary/aromatic N) is 2. The Morgan fingerprint density at radius 2 is 1.77 bits per heavy atom. The van der Waals surface area contributed by atoms with Gasteiger partial charge in [-0.1, -0.05) is 26.0 Å². The second-order valence-electron chi connectivity index (χ2n) is 5.96. The van der Waals surface area contributed by atoms with E-state index in [0.717, 1.165) is 31.6 Å². The van der Waals surface area contributed by atoms with E-state index in [1.54, 1.807) is 6.07 Å². The smallest absolute Gasteiger partial charge is 0.230 e. The summed E-state index contributed by atoms with van der Waals surface area (Å²) in [6.45, 7) is 7.29. The second-order valence-corrected chi connectivity index (χ2v) is 5.96. The molecule has 3 N–H and O–H groups in total. The van der Waals surface area contributed by atoms with Gasteiger partial charge in [0, 0.05) is 32.7 Å². The molecule has 0 aromatic heterocycles. The molecule has 0 atom stereocenters. The van der Waals surface area contributed by atoms with Gasteiger partial charge in [-0.25, -0.2) is 0 Å². The maximum Gasteiger partial charge on any atom is 0.230 e. The standard InChI is InChI=1S/C17H27N3O2/c1-3-17(4-2,13-18)16(22)20-11-9-19(10-12-20)14-7-5-6-8-15(14)21/h5-8,21H,3-4,9-13,18H2,1-2H3.